The Morgan fingerprint density at radius 1 is 1.06 bits per heavy atom. The summed E-state index contributed by atoms with van der Waals surface area (Å²) in [7, 11) is 0. The molecule has 0 aliphatic carbocycles. The molecule has 0 spiro atoms. The van der Waals surface area contributed by atoms with E-state index in [9.17, 15) is 9.59 Å². The van der Waals surface area contributed by atoms with Gasteiger partial charge in [0.25, 0.3) is 0 Å². The number of benzene rings is 1. The maximum atomic E-state index is 11.3. The van der Waals surface area contributed by atoms with E-state index in [2.05, 4.69) is 0 Å². The van der Waals surface area contributed by atoms with E-state index in [1.165, 1.54) is 0 Å². The van der Waals surface area contributed by atoms with E-state index in [4.69, 9.17) is 9.47 Å². The van der Waals surface area contributed by atoms with Gasteiger partial charge in [-0.25, -0.2) is 0 Å². The van der Waals surface area contributed by atoms with Crippen LogP contribution in [0.5, 0.6) is 0 Å². The van der Waals surface area contributed by atoms with E-state index in [1.807, 2.05) is 44.2 Å². The molecule has 0 bridgehead atoms. The summed E-state index contributed by atoms with van der Waals surface area (Å²) in [5.74, 6) is -0.844. The van der Waals surface area contributed by atoms with E-state index in [1.54, 1.807) is 0 Å². The molecule has 0 N–H and O–H groups in total. The number of carbonyl (C=O) groups is 2. The van der Waals surface area contributed by atoms with E-state index in [0.717, 1.165) is 5.56 Å². The molecule has 0 atom stereocenters. The summed E-state index contributed by atoms with van der Waals surface area (Å²) in [5, 5.41) is 0. The van der Waals surface area contributed by atoms with Gasteiger partial charge in [-0.1, -0.05) is 44.2 Å². The highest BCUT2D eigenvalue weighted by atomic mass is 16.6. The minimum atomic E-state index is -0.562. The highest BCUT2D eigenvalue weighted by Crippen LogP contribution is 2.02. The maximum Gasteiger partial charge on any atom is 0.317 e. The molecule has 1 rings (SSSR count). The van der Waals surface area contributed by atoms with Crippen molar-refractivity contribution in [2.24, 2.45) is 5.92 Å². The molecule has 4 nitrogen and oxygen atoms in total. The lowest BCUT2D eigenvalue weighted by atomic mass is 10.2. The fourth-order valence-electron chi connectivity index (χ4n) is 1.22. The van der Waals surface area contributed by atoms with Gasteiger partial charge in [-0.15, -0.1) is 0 Å². The van der Waals surface area contributed by atoms with Gasteiger partial charge in [0.2, 0.25) is 0 Å². The zero-order valence-corrected chi connectivity index (χ0v) is 10.7. The quantitative estimate of drug-likeness (QED) is 0.574. The second-order valence-electron chi connectivity index (χ2n) is 4.40. The standard InChI is InChI=1S/C14H18O4/c1-11(2)9-17-13(15)8-14(16)18-10-12-6-4-3-5-7-12/h3-7,11H,8-10H2,1-2H3. The number of esters is 2. The Kier molecular flexibility index (Phi) is 5.91. The first-order chi connectivity index (χ1) is 8.58. The minimum Gasteiger partial charge on any atom is -0.465 e. The van der Waals surface area contributed by atoms with Crippen LogP contribution in [0.2, 0.25) is 0 Å². The third kappa shape index (κ3) is 6.03. The lowest BCUT2D eigenvalue weighted by Crippen LogP contribution is -2.16. The van der Waals surface area contributed by atoms with Gasteiger partial charge in [0, 0.05) is 0 Å². The Labute approximate surface area is 107 Å². The summed E-state index contributed by atoms with van der Waals surface area (Å²) in [6.45, 7) is 4.37. The first-order valence-corrected chi connectivity index (χ1v) is 5.93. The second kappa shape index (κ2) is 7.48. The van der Waals surface area contributed by atoms with Crippen molar-refractivity contribution in [2.75, 3.05) is 6.61 Å². The van der Waals surface area contributed by atoms with Gasteiger partial charge in [-0.2, -0.15) is 0 Å². The monoisotopic (exact) mass is 250 g/mol. The number of rotatable bonds is 6. The average molecular weight is 250 g/mol. The topological polar surface area (TPSA) is 52.6 Å². The van der Waals surface area contributed by atoms with Crippen molar-refractivity contribution in [3.8, 4) is 0 Å². The summed E-state index contributed by atoms with van der Waals surface area (Å²) in [5.41, 5.74) is 0.890. The predicted molar refractivity (Wildman–Crippen MR) is 66.7 cm³/mol. The van der Waals surface area contributed by atoms with Crippen LogP contribution >= 0.6 is 0 Å². The van der Waals surface area contributed by atoms with Gasteiger partial charge in [-0.05, 0) is 11.5 Å². The fourth-order valence-corrected chi connectivity index (χ4v) is 1.22. The molecule has 18 heavy (non-hydrogen) atoms. The molecule has 0 aromatic heterocycles. The van der Waals surface area contributed by atoms with E-state index < -0.39 is 11.9 Å². The highest BCUT2D eigenvalue weighted by Gasteiger charge is 2.12. The van der Waals surface area contributed by atoms with Crippen LogP contribution in [-0.2, 0) is 25.7 Å². The molecule has 1 aromatic carbocycles. The van der Waals surface area contributed by atoms with Crippen molar-refractivity contribution in [1.29, 1.82) is 0 Å². The Hall–Kier alpha value is -1.84. The molecule has 0 saturated carbocycles. The van der Waals surface area contributed by atoms with Crippen LogP contribution in [-0.4, -0.2) is 18.5 Å². The maximum absolute atomic E-state index is 11.3. The zero-order chi connectivity index (χ0) is 13.4. The number of hydrogen-bond donors (Lipinski definition) is 0. The Morgan fingerprint density at radius 3 is 2.28 bits per heavy atom. The first-order valence-electron chi connectivity index (χ1n) is 5.93. The summed E-state index contributed by atoms with van der Waals surface area (Å²) < 4.78 is 9.85. The van der Waals surface area contributed by atoms with Crippen LogP contribution in [0, 0.1) is 5.92 Å². The van der Waals surface area contributed by atoms with E-state index in [0.29, 0.717) is 6.61 Å². The van der Waals surface area contributed by atoms with Crippen molar-refractivity contribution in [1.82, 2.24) is 0 Å². The summed E-state index contributed by atoms with van der Waals surface area (Å²) in [6, 6.07) is 9.31. The van der Waals surface area contributed by atoms with Crippen LogP contribution in [0.3, 0.4) is 0 Å². The molecule has 98 valence electrons. The Balaban J connectivity index is 2.23. The van der Waals surface area contributed by atoms with E-state index in [-0.39, 0.29) is 18.9 Å². The molecule has 0 amide bonds. The lowest BCUT2D eigenvalue weighted by molar-refractivity contribution is -0.155. The number of hydrogen-bond acceptors (Lipinski definition) is 4. The Bertz CT molecular complexity index is 384. The van der Waals surface area contributed by atoms with Gasteiger partial charge in [-0.3, -0.25) is 9.59 Å². The number of ether oxygens (including phenoxy) is 2. The molecule has 4 heteroatoms. The third-order valence-corrected chi connectivity index (χ3v) is 2.11. The van der Waals surface area contributed by atoms with E-state index >= 15 is 0 Å². The molecule has 0 heterocycles. The molecule has 0 saturated heterocycles. The van der Waals surface area contributed by atoms with Crippen LogP contribution in [0.4, 0.5) is 0 Å². The van der Waals surface area contributed by atoms with Crippen molar-refractivity contribution in [3.05, 3.63) is 35.9 Å². The van der Waals surface area contributed by atoms with Crippen LogP contribution in [0.25, 0.3) is 0 Å². The van der Waals surface area contributed by atoms with Gasteiger partial charge in [0.15, 0.2) is 0 Å². The molecular weight excluding hydrogens is 232 g/mol. The van der Waals surface area contributed by atoms with Gasteiger partial charge >= 0.3 is 11.9 Å². The minimum absolute atomic E-state index is 0.178. The van der Waals surface area contributed by atoms with Crippen molar-refractivity contribution >= 4 is 11.9 Å². The summed E-state index contributed by atoms with van der Waals surface area (Å²) in [4.78, 5) is 22.6. The zero-order valence-electron chi connectivity index (χ0n) is 10.7. The van der Waals surface area contributed by atoms with Crippen LogP contribution in [0.1, 0.15) is 25.8 Å². The average Bonchev–Trinajstić information content (AvgIpc) is 2.35. The van der Waals surface area contributed by atoms with Crippen molar-refractivity contribution < 1.29 is 19.1 Å². The highest BCUT2D eigenvalue weighted by molar-refractivity contribution is 5.91. The molecule has 0 fully saturated rings. The predicted octanol–water partition coefficient (Wildman–Crippen LogP) is 2.32. The normalized spacial score (nSPS) is 10.2. The largest absolute Gasteiger partial charge is 0.465 e. The van der Waals surface area contributed by atoms with Gasteiger partial charge in [0.05, 0.1) is 6.61 Å². The molecular formula is C14H18O4. The molecule has 0 aliphatic heterocycles. The van der Waals surface area contributed by atoms with Gasteiger partial charge < -0.3 is 9.47 Å². The van der Waals surface area contributed by atoms with Gasteiger partial charge in [0.1, 0.15) is 13.0 Å². The number of carbonyl (C=O) groups excluding carboxylic acids is 2. The molecule has 0 aliphatic rings. The summed E-state index contributed by atoms with van der Waals surface area (Å²) in [6.07, 6.45) is -0.334. The van der Waals surface area contributed by atoms with Crippen molar-refractivity contribution in [2.45, 2.75) is 26.9 Å². The van der Waals surface area contributed by atoms with Crippen LogP contribution < -0.4 is 0 Å². The fraction of sp³-hybridized carbons (Fsp3) is 0.429. The first kappa shape index (κ1) is 14.2. The molecule has 1 aromatic rings. The smallest absolute Gasteiger partial charge is 0.317 e. The van der Waals surface area contributed by atoms with Crippen LogP contribution in [0.15, 0.2) is 30.3 Å². The molecule has 0 unspecified atom stereocenters. The summed E-state index contributed by atoms with van der Waals surface area (Å²) >= 11 is 0. The Morgan fingerprint density at radius 2 is 1.67 bits per heavy atom. The molecule has 0 radical (unpaired) electrons. The second-order valence-corrected chi connectivity index (χ2v) is 4.40. The SMILES string of the molecule is CC(C)COC(=O)CC(=O)OCc1ccccc1. The third-order valence-electron chi connectivity index (χ3n) is 2.11. The van der Waals surface area contributed by atoms with Crippen molar-refractivity contribution in [3.63, 3.8) is 0 Å². The lowest BCUT2D eigenvalue weighted by Gasteiger charge is -2.07.